The van der Waals surface area contributed by atoms with Gasteiger partial charge in [-0.05, 0) is 35.9 Å². The summed E-state index contributed by atoms with van der Waals surface area (Å²) in [7, 11) is 2.93. The number of ether oxygens (including phenoxy) is 2. The molecule has 0 bridgehead atoms. The number of nitro benzene ring substituents is 1. The Morgan fingerprint density at radius 1 is 0.925 bits per heavy atom. The van der Waals surface area contributed by atoms with E-state index in [4.69, 9.17) is 9.47 Å². The number of nitrogens with zero attached hydrogens (tertiary/aromatic N) is 3. The van der Waals surface area contributed by atoms with E-state index in [0.717, 1.165) is 16.2 Å². The zero-order valence-corrected chi connectivity index (χ0v) is 21.5. The quantitative estimate of drug-likeness (QED) is 0.285. The van der Waals surface area contributed by atoms with Gasteiger partial charge in [0.1, 0.15) is 17.5 Å². The maximum absolute atomic E-state index is 14.1. The number of nitro groups is 1. The third kappa shape index (κ3) is 3.77. The van der Waals surface area contributed by atoms with Crippen molar-refractivity contribution in [1.82, 2.24) is 0 Å². The molecule has 40 heavy (non-hydrogen) atoms. The van der Waals surface area contributed by atoms with Crippen molar-refractivity contribution in [2.24, 2.45) is 11.8 Å². The summed E-state index contributed by atoms with van der Waals surface area (Å²) in [6, 6.07) is 16.2. The van der Waals surface area contributed by atoms with Crippen molar-refractivity contribution in [2.45, 2.75) is 12.1 Å². The van der Waals surface area contributed by atoms with E-state index in [1.807, 2.05) is 41.3 Å². The normalized spacial score (nSPS) is 22.4. The molecular weight excluding hydrogens is 516 g/mol. The van der Waals surface area contributed by atoms with E-state index in [2.05, 4.69) is 5.32 Å². The number of imide groups is 1. The smallest absolute Gasteiger partial charge is 0.269 e. The molecule has 2 saturated heterocycles. The summed E-state index contributed by atoms with van der Waals surface area (Å²) in [4.78, 5) is 55.5. The van der Waals surface area contributed by atoms with Crippen LogP contribution in [0.4, 0.5) is 22.7 Å². The van der Waals surface area contributed by atoms with Crippen LogP contribution in [0.5, 0.6) is 11.5 Å². The number of nitrogens with one attached hydrogen (secondary N) is 1. The molecule has 3 heterocycles. The van der Waals surface area contributed by atoms with Gasteiger partial charge in [-0.1, -0.05) is 30.4 Å². The van der Waals surface area contributed by atoms with E-state index in [1.165, 1.54) is 38.5 Å². The number of anilines is 3. The summed E-state index contributed by atoms with van der Waals surface area (Å²) in [5, 5.41) is 13.9. The largest absolute Gasteiger partial charge is 0.497 e. The number of rotatable bonds is 6. The molecule has 1 N–H and O–H groups in total. The second kappa shape index (κ2) is 9.53. The van der Waals surface area contributed by atoms with Gasteiger partial charge >= 0.3 is 0 Å². The maximum atomic E-state index is 14.1. The molecule has 0 radical (unpaired) electrons. The first-order valence-electron chi connectivity index (χ1n) is 12.5. The Morgan fingerprint density at radius 2 is 1.65 bits per heavy atom. The number of fused-ring (bicyclic) bond motifs is 5. The number of non-ortho nitro benzene ring substituents is 1. The van der Waals surface area contributed by atoms with Crippen LogP contribution in [0.1, 0.15) is 5.56 Å². The van der Waals surface area contributed by atoms with Crippen molar-refractivity contribution in [1.29, 1.82) is 0 Å². The molecule has 0 unspecified atom stereocenters. The van der Waals surface area contributed by atoms with Gasteiger partial charge in [0, 0.05) is 29.6 Å². The predicted molar refractivity (Wildman–Crippen MR) is 146 cm³/mol. The Labute approximate surface area is 228 Å². The van der Waals surface area contributed by atoms with Gasteiger partial charge < -0.3 is 19.7 Å². The Kier molecular flexibility index (Phi) is 5.98. The number of para-hydroxylation sites is 1. The van der Waals surface area contributed by atoms with Crippen LogP contribution in [0.2, 0.25) is 0 Å². The zero-order chi connectivity index (χ0) is 28.1. The molecule has 4 atom stereocenters. The summed E-state index contributed by atoms with van der Waals surface area (Å²) >= 11 is 0. The Morgan fingerprint density at radius 3 is 2.35 bits per heavy atom. The van der Waals surface area contributed by atoms with Gasteiger partial charge in [0.05, 0.1) is 42.7 Å². The van der Waals surface area contributed by atoms with Gasteiger partial charge in [0.15, 0.2) is 0 Å². The lowest BCUT2D eigenvalue weighted by Gasteiger charge is -2.36. The number of amides is 3. The van der Waals surface area contributed by atoms with Crippen LogP contribution in [-0.4, -0.2) is 48.9 Å². The van der Waals surface area contributed by atoms with Crippen LogP contribution in [0.3, 0.4) is 0 Å². The first-order chi connectivity index (χ1) is 19.3. The van der Waals surface area contributed by atoms with Gasteiger partial charge in [-0.2, -0.15) is 0 Å². The first-order valence-corrected chi connectivity index (χ1v) is 12.5. The van der Waals surface area contributed by atoms with Crippen molar-refractivity contribution in [3.05, 3.63) is 88.5 Å². The van der Waals surface area contributed by atoms with Crippen LogP contribution in [0.15, 0.2) is 72.8 Å². The summed E-state index contributed by atoms with van der Waals surface area (Å²) in [6.07, 6.45) is 3.76. The van der Waals surface area contributed by atoms with Crippen molar-refractivity contribution < 1.29 is 28.8 Å². The average molecular weight is 541 g/mol. The zero-order valence-electron chi connectivity index (χ0n) is 21.5. The second-order valence-electron chi connectivity index (χ2n) is 9.66. The number of hydrogen-bond donors (Lipinski definition) is 1. The molecule has 0 spiro atoms. The number of carbonyl (C=O) groups excluding carboxylic acids is 3. The van der Waals surface area contributed by atoms with Crippen LogP contribution < -0.4 is 24.6 Å². The van der Waals surface area contributed by atoms with Crippen molar-refractivity contribution in [3.63, 3.8) is 0 Å². The van der Waals surface area contributed by atoms with E-state index < -0.39 is 46.6 Å². The molecule has 3 aliphatic heterocycles. The van der Waals surface area contributed by atoms with Crippen LogP contribution in [0, 0.1) is 22.0 Å². The highest BCUT2D eigenvalue weighted by Gasteiger charge is 2.64. The molecule has 3 aliphatic rings. The molecule has 11 heteroatoms. The minimum atomic E-state index is -1.03. The topological polar surface area (TPSA) is 131 Å². The number of carbonyl (C=O) groups is 3. The highest BCUT2D eigenvalue weighted by molar-refractivity contribution is 6.25. The number of methoxy groups -OCH3 is 2. The van der Waals surface area contributed by atoms with Crippen molar-refractivity contribution >= 4 is 46.5 Å². The van der Waals surface area contributed by atoms with Gasteiger partial charge in [-0.25, -0.2) is 4.90 Å². The Hall–Kier alpha value is -5.19. The highest BCUT2D eigenvalue weighted by Crippen LogP contribution is 2.50. The fraction of sp³-hybridized carbons (Fsp3) is 0.207. The first kappa shape index (κ1) is 25.1. The third-order valence-corrected chi connectivity index (χ3v) is 7.66. The van der Waals surface area contributed by atoms with Crippen LogP contribution >= 0.6 is 0 Å². The lowest BCUT2D eigenvalue weighted by molar-refractivity contribution is -0.384. The van der Waals surface area contributed by atoms with Crippen LogP contribution in [0.25, 0.3) is 6.08 Å². The molecule has 0 aliphatic carbocycles. The minimum absolute atomic E-state index is 0.117. The molecular formula is C29H24N4O7. The monoisotopic (exact) mass is 540 g/mol. The third-order valence-electron chi connectivity index (χ3n) is 7.66. The molecule has 3 aromatic carbocycles. The lowest BCUT2D eigenvalue weighted by Crippen LogP contribution is -2.50. The molecule has 2 fully saturated rings. The Balaban J connectivity index is 1.43. The molecule has 0 aromatic heterocycles. The summed E-state index contributed by atoms with van der Waals surface area (Å²) in [5.74, 6) is -2.54. The maximum Gasteiger partial charge on any atom is 0.269 e. The second-order valence-corrected chi connectivity index (χ2v) is 9.66. The molecule has 3 aromatic rings. The molecule has 6 rings (SSSR count). The van der Waals surface area contributed by atoms with Gasteiger partial charge in [0.2, 0.25) is 17.7 Å². The van der Waals surface area contributed by atoms with E-state index in [0.29, 0.717) is 17.2 Å². The van der Waals surface area contributed by atoms with Crippen molar-refractivity contribution in [2.75, 3.05) is 29.3 Å². The lowest BCUT2D eigenvalue weighted by atomic mass is 9.88. The van der Waals surface area contributed by atoms with Crippen molar-refractivity contribution in [3.8, 4) is 11.5 Å². The molecule has 11 nitrogen and oxygen atoms in total. The summed E-state index contributed by atoms with van der Waals surface area (Å²) < 4.78 is 10.8. The van der Waals surface area contributed by atoms with Gasteiger partial charge in [0.25, 0.3) is 5.69 Å². The van der Waals surface area contributed by atoms with E-state index in [1.54, 1.807) is 18.2 Å². The van der Waals surface area contributed by atoms with E-state index in [9.17, 15) is 24.5 Å². The fourth-order valence-electron chi connectivity index (χ4n) is 5.91. The summed E-state index contributed by atoms with van der Waals surface area (Å²) in [6.45, 7) is 0. The molecule has 3 amide bonds. The standard InChI is InChI=1S/C29H24N4O7/c1-39-19-12-14-23(40-2)22(15-19)32-28(35)24-21-13-7-16-5-3-4-6-20(16)31(21)26(25(24)29(32)36)27(34)30-17-8-10-18(11-9-17)33(37)38/h3-15,21,24-26H,1-2H3,(H,30,34)/t21-,24-,25-,26+/m0/s1. The molecule has 0 saturated carbocycles. The highest BCUT2D eigenvalue weighted by atomic mass is 16.6. The SMILES string of the molecule is COc1ccc(OC)c(N2C(=O)[C@@H]3[C@H](C2=O)[C@H](C(=O)Nc2ccc([N+](=O)[O-])cc2)N2c4ccccc4C=C[C@@H]32)c1. The minimum Gasteiger partial charge on any atom is -0.497 e. The molecule has 202 valence electrons. The Bertz CT molecular complexity index is 1590. The van der Waals surface area contributed by atoms with E-state index in [-0.39, 0.29) is 11.4 Å². The van der Waals surface area contributed by atoms with Crippen LogP contribution in [-0.2, 0) is 14.4 Å². The predicted octanol–water partition coefficient (Wildman–Crippen LogP) is 3.64. The average Bonchev–Trinajstić information content (AvgIpc) is 3.45. The van der Waals surface area contributed by atoms with Gasteiger partial charge in [-0.3, -0.25) is 24.5 Å². The van der Waals surface area contributed by atoms with Gasteiger partial charge in [-0.15, -0.1) is 0 Å². The fourth-order valence-corrected chi connectivity index (χ4v) is 5.91. The number of benzene rings is 3. The number of hydrogen-bond acceptors (Lipinski definition) is 8. The summed E-state index contributed by atoms with van der Waals surface area (Å²) in [5.41, 5.74) is 2.05. The van der Waals surface area contributed by atoms with E-state index >= 15 is 0 Å².